The number of unbranched alkanes of at least 4 members (excludes halogenated alkanes) is 1. The quantitative estimate of drug-likeness (QED) is 0.417. The maximum atomic E-state index is 4.41. The average molecular weight is 240 g/mol. The lowest BCUT2D eigenvalue weighted by Crippen LogP contribution is -2.43. The van der Waals surface area contributed by atoms with Gasteiger partial charge < -0.3 is 14.8 Å². The van der Waals surface area contributed by atoms with Crippen molar-refractivity contribution in [2.45, 2.75) is 26.7 Å². The van der Waals surface area contributed by atoms with Gasteiger partial charge in [-0.3, -0.25) is 4.99 Å². The number of piperazine rings is 1. The second kappa shape index (κ2) is 11.6. The molecular weight excluding hydrogens is 212 g/mol. The molecule has 1 fully saturated rings. The van der Waals surface area contributed by atoms with E-state index < -0.39 is 0 Å². The van der Waals surface area contributed by atoms with E-state index in [2.05, 4.69) is 26.8 Å². The second-order valence-corrected chi connectivity index (χ2v) is 3.94. The molecule has 1 aliphatic heterocycles. The van der Waals surface area contributed by atoms with Gasteiger partial charge >= 0.3 is 0 Å². The molecule has 4 heteroatoms. The lowest BCUT2D eigenvalue weighted by Gasteiger charge is -2.30. The first-order valence-electron chi connectivity index (χ1n) is 6.66. The number of aliphatic imine (C=N–C) groups is 2. The molecule has 0 aliphatic carbocycles. The first kappa shape index (κ1) is 16.1. The fourth-order valence-electron chi connectivity index (χ4n) is 1.51. The van der Waals surface area contributed by atoms with Crippen LogP contribution in [0.15, 0.2) is 9.98 Å². The number of hydrogen-bond donors (Lipinski definition) is 0. The van der Waals surface area contributed by atoms with E-state index in [0.29, 0.717) is 0 Å². The van der Waals surface area contributed by atoms with Gasteiger partial charge in [0.05, 0.1) is 6.34 Å². The second-order valence-electron chi connectivity index (χ2n) is 3.94. The van der Waals surface area contributed by atoms with Crippen LogP contribution >= 0.6 is 0 Å². The molecule has 0 amide bonds. The molecule has 0 saturated carbocycles. The fraction of sp³-hybridized carbons (Fsp3) is 0.846. The molecule has 0 N–H and O–H groups in total. The molecule has 0 atom stereocenters. The summed E-state index contributed by atoms with van der Waals surface area (Å²) in [6.07, 6.45) is 6.10. The molecule has 0 aromatic heterocycles. The van der Waals surface area contributed by atoms with Crippen LogP contribution in [0.2, 0.25) is 0 Å². The minimum Gasteiger partial charge on any atom is -0.360 e. The van der Waals surface area contributed by atoms with Crippen LogP contribution < -0.4 is 0 Å². The van der Waals surface area contributed by atoms with E-state index in [4.69, 9.17) is 0 Å². The molecule has 1 heterocycles. The van der Waals surface area contributed by atoms with E-state index in [1.807, 2.05) is 33.4 Å². The first-order valence-corrected chi connectivity index (χ1v) is 6.66. The summed E-state index contributed by atoms with van der Waals surface area (Å²) in [4.78, 5) is 13.0. The van der Waals surface area contributed by atoms with Crippen molar-refractivity contribution < 1.29 is 0 Å². The third kappa shape index (κ3) is 8.86. The van der Waals surface area contributed by atoms with Gasteiger partial charge in [0.2, 0.25) is 0 Å². The number of hydrogen-bond acceptors (Lipinski definition) is 3. The molecule has 100 valence electrons. The summed E-state index contributed by atoms with van der Waals surface area (Å²) < 4.78 is 0. The van der Waals surface area contributed by atoms with E-state index in [9.17, 15) is 0 Å². The highest BCUT2D eigenvalue weighted by Gasteiger charge is 2.09. The number of rotatable bonds is 5. The minimum absolute atomic E-state index is 0.915. The van der Waals surface area contributed by atoms with Crippen molar-refractivity contribution in [3.05, 3.63) is 0 Å². The zero-order valence-corrected chi connectivity index (χ0v) is 11.9. The topological polar surface area (TPSA) is 31.2 Å². The molecule has 0 bridgehead atoms. The van der Waals surface area contributed by atoms with Crippen molar-refractivity contribution in [2.24, 2.45) is 9.98 Å². The SMILES string of the molecule is CC.CN=CCCCN=CN1CCN(C)CC1. The van der Waals surface area contributed by atoms with Crippen molar-refractivity contribution in [3.8, 4) is 0 Å². The highest BCUT2D eigenvalue weighted by molar-refractivity contribution is 5.57. The van der Waals surface area contributed by atoms with Gasteiger partial charge in [0.25, 0.3) is 0 Å². The van der Waals surface area contributed by atoms with E-state index in [1.165, 1.54) is 0 Å². The van der Waals surface area contributed by atoms with E-state index in [-0.39, 0.29) is 0 Å². The number of likely N-dealkylation sites (N-methyl/N-ethyl adjacent to an activating group) is 1. The molecule has 4 nitrogen and oxygen atoms in total. The Balaban J connectivity index is 0.00000121. The Morgan fingerprint density at radius 1 is 1.12 bits per heavy atom. The van der Waals surface area contributed by atoms with Gasteiger partial charge in [-0.1, -0.05) is 13.8 Å². The maximum absolute atomic E-state index is 4.41. The summed E-state index contributed by atoms with van der Waals surface area (Å²) >= 11 is 0. The molecule has 0 aromatic carbocycles. The lowest BCUT2D eigenvalue weighted by molar-refractivity contribution is 0.219. The fourth-order valence-corrected chi connectivity index (χ4v) is 1.51. The maximum Gasteiger partial charge on any atom is 0.0850 e. The lowest BCUT2D eigenvalue weighted by atomic mass is 10.3. The summed E-state index contributed by atoms with van der Waals surface area (Å²) in [5.74, 6) is 0. The van der Waals surface area contributed by atoms with Crippen LogP contribution in [0.3, 0.4) is 0 Å². The molecule has 1 aliphatic rings. The molecule has 0 aromatic rings. The monoisotopic (exact) mass is 240 g/mol. The van der Waals surface area contributed by atoms with E-state index >= 15 is 0 Å². The highest BCUT2D eigenvalue weighted by Crippen LogP contribution is 1.96. The third-order valence-electron chi connectivity index (χ3n) is 2.59. The summed E-state index contributed by atoms with van der Waals surface area (Å²) in [5.41, 5.74) is 0. The molecule has 0 spiro atoms. The Morgan fingerprint density at radius 3 is 2.35 bits per heavy atom. The standard InChI is InChI=1S/C11H22N4.C2H6/c1-12-5-3-4-6-13-11-15-9-7-14(2)8-10-15;1-2/h5,11H,3-4,6-10H2,1-2H3;1-2H3. The Kier molecular flexibility index (Phi) is 11.0. The summed E-state index contributed by atoms with van der Waals surface area (Å²) in [6.45, 7) is 9.42. The summed E-state index contributed by atoms with van der Waals surface area (Å²) in [6, 6.07) is 0. The Hall–Kier alpha value is -0.900. The van der Waals surface area contributed by atoms with Crippen LogP contribution in [-0.2, 0) is 0 Å². The zero-order valence-electron chi connectivity index (χ0n) is 11.9. The van der Waals surface area contributed by atoms with Crippen LogP contribution in [0, 0.1) is 0 Å². The van der Waals surface area contributed by atoms with Gasteiger partial charge in [-0.05, 0) is 26.1 Å². The first-order chi connectivity index (χ1) is 8.33. The number of nitrogens with zero attached hydrogens (tertiary/aromatic N) is 4. The van der Waals surface area contributed by atoms with Crippen LogP contribution in [0.25, 0.3) is 0 Å². The van der Waals surface area contributed by atoms with Crippen molar-refractivity contribution >= 4 is 12.6 Å². The van der Waals surface area contributed by atoms with E-state index in [0.717, 1.165) is 45.6 Å². The van der Waals surface area contributed by atoms with Gasteiger partial charge in [-0.25, -0.2) is 0 Å². The summed E-state index contributed by atoms with van der Waals surface area (Å²) in [7, 11) is 3.98. The molecule has 0 unspecified atom stereocenters. The Bertz CT molecular complexity index is 205. The third-order valence-corrected chi connectivity index (χ3v) is 2.59. The van der Waals surface area contributed by atoms with Gasteiger partial charge in [0.15, 0.2) is 0 Å². The predicted octanol–water partition coefficient (Wildman–Crippen LogP) is 1.77. The average Bonchev–Trinajstić information content (AvgIpc) is 2.38. The molecule has 17 heavy (non-hydrogen) atoms. The van der Waals surface area contributed by atoms with Crippen molar-refractivity contribution in [2.75, 3.05) is 46.8 Å². The predicted molar refractivity (Wildman–Crippen MR) is 77.4 cm³/mol. The molecule has 0 radical (unpaired) electrons. The molecular formula is C13H28N4. The van der Waals surface area contributed by atoms with Crippen molar-refractivity contribution in [1.29, 1.82) is 0 Å². The molecule has 1 saturated heterocycles. The summed E-state index contributed by atoms with van der Waals surface area (Å²) in [5, 5.41) is 0. The van der Waals surface area contributed by atoms with Gasteiger partial charge in [0.1, 0.15) is 0 Å². The zero-order chi connectivity index (χ0) is 12.9. The van der Waals surface area contributed by atoms with Crippen molar-refractivity contribution in [3.63, 3.8) is 0 Å². The largest absolute Gasteiger partial charge is 0.360 e. The minimum atomic E-state index is 0.915. The van der Waals surface area contributed by atoms with Gasteiger partial charge in [-0.15, -0.1) is 0 Å². The molecule has 1 rings (SSSR count). The highest BCUT2D eigenvalue weighted by atomic mass is 15.3. The Morgan fingerprint density at radius 2 is 1.76 bits per heavy atom. The van der Waals surface area contributed by atoms with Crippen LogP contribution in [0.1, 0.15) is 26.7 Å². The van der Waals surface area contributed by atoms with Gasteiger partial charge in [-0.2, -0.15) is 0 Å². The normalized spacial score (nSPS) is 17.5. The van der Waals surface area contributed by atoms with Crippen LogP contribution in [0.4, 0.5) is 0 Å². The van der Waals surface area contributed by atoms with Crippen LogP contribution in [0.5, 0.6) is 0 Å². The van der Waals surface area contributed by atoms with Crippen molar-refractivity contribution in [1.82, 2.24) is 9.80 Å². The Labute approximate surface area is 106 Å². The smallest absolute Gasteiger partial charge is 0.0850 e. The van der Waals surface area contributed by atoms with Gasteiger partial charge in [0, 0.05) is 39.8 Å². The van der Waals surface area contributed by atoms with Crippen LogP contribution in [-0.4, -0.2) is 69.2 Å². The van der Waals surface area contributed by atoms with E-state index in [1.54, 1.807) is 0 Å².